The lowest BCUT2D eigenvalue weighted by atomic mass is 9.94. The summed E-state index contributed by atoms with van der Waals surface area (Å²) in [6.45, 7) is 5.36. The Hall–Kier alpha value is -2.97. The zero-order valence-electron chi connectivity index (χ0n) is 16.2. The predicted octanol–water partition coefficient (Wildman–Crippen LogP) is 1.53. The number of piperidine rings is 1. The van der Waals surface area contributed by atoms with Crippen LogP contribution in [0, 0.1) is 0 Å². The van der Waals surface area contributed by atoms with Crippen molar-refractivity contribution in [1.82, 2.24) is 34.3 Å². The van der Waals surface area contributed by atoms with Gasteiger partial charge in [0.25, 0.3) is 5.56 Å². The smallest absolute Gasteiger partial charge is 0.272 e. The zero-order chi connectivity index (χ0) is 19.7. The van der Waals surface area contributed by atoms with Gasteiger partial charge in [0, 0.05) is 48.9 Å². The minimum absolute atomic E-state index is 0.0290. The Morgan fingerprint density at radius 3 is 3.00 bits per heavy atom. The molecular weight excluding hydrogens is 358 g/mol. The summed E-state index contributed by atoms with van der Waals surface area (Å²) >= 11 is 0. The summed E-state index contributed by atoms with van der Waals surface area (Å²) in [6, 6.07) is 3.48. The molecule has 9 nitrogen and oxygen atoms in total. The van der Waals surface area contributed by atoms with E-state index in [-0.39, 0.29) is 23.4 Å². The summed E-state index contributed by atoms with van der Waals surface area (Å²) in [5.41, 5.74) is 2.29. The summed E-state index contributed by atoms with van der Waals surface area (Å²) < 4.78 is 3.20. The van der Waals surface area contributed by atoms with E-state index < -0.39 is 0 Å². The predicted molar refractivity (Wildman–Crippen MR) is 103 cm³/mol. The van der Waals surface area contributed by atoms with Gasteiger partial charge in [0.1, 0.15) is 12.7 Å². The van der Waals surface area contributed by atoms with E-state index in [2.05, 4.69) is 20.2 Å². The first-order valence-electron chi connectivity index (χ1n) is 9.78. The van der Waals surface area contributed by atoms with E-state index in [1.54, 1.807) is 17.1 Å². The van der Waals surface area contributed by atoms with Crippen LogP contribution in [-0.4, -0.2) is 53.3 Å². The number of hydrogen-bond donors (Lipinski definition) is 1. The molecular formula is C19H25N7O2. The number of rotatable bonds is 5. The van der Waals surface area contributed by atoms with Crippen LogP contribution >= 0.6 is 0 Å². The second kappa shape index (κ2) is 7.57. The summed E-state index contributed by atoms with van der Waals surface area (Å²) in [5, 5.41) is 7.30. The molecule has 0 bridgehead atoms. The molecule has 28 heavy (non-hydrogen) atoms. The maximum atomic E-state index is 12.8. The number of nitrogens with zero attached hydrogens (tertiary/aromatic N) is 6. The third-order valence-corrected chi connectivity index (χ3v) is 5.46. The first-order chi connectivity index (χ1) is 13.5. The molecule has 4 heterocycles. The minimum atomic E-state index is -0.0986. The Morgan fingerprint density at radius 2 is 2.25 bits per heavy atom. The molecule has 0 spiro atoms. The first-order valence-corrected chi connectivity index (χ1v) is 9.78. The number of fused-ring (bicyclic) bond motifs is 1. The largest absolute Gasteiger partial charge is 0.342 e. The fraction of sp³-hybridized carbons (Fsp3) is 0.526. The van der Waals surface area contributed by atoms with Gasteiger partial charge in [0.15, 0.2) is 5.65 Å². The van der Waals surface area contributed by atoms with Crippen LogP contribution in [0.3, 0.4) is 0 Å². The summed E-state index contributed by atoms with van der Waals surface area (Å²) in [7, 11) is 0. The van der Waals surface area contributed by atoms with Gasteiger partial charge in [-0.1, -0.05) is 6.92 Å². The Bertz CT molecular complexity index is 1020. The lowest BCUT2D eigenvalue weighted by Crippen LogP contribution is -2.40. The van der Waals surface area contributed by atoms with Gasteiger partial charge in [-0.15, -0.1) is 0 Å². The van der Waals surface area contributed by atoms with E-state index in [1.807, 2.05) is 24.8 Å². The summed E-state index contributed by atoms with van der Waals surface area (Å²) in [5.74, 6) is 0.290. The minimum Gasteiger partial charge on any atom is -0.342 e. The molecule has 4 rings (SSSR count). The molecule has 1 fully saturated rings. The van der Waals surface area contributed by atoms with Crippen molar-refractivity contribution in [3.8, 4) is 0 Å². The van der Waals surface area contributed by atoms with Gasteiger partial charge in [0.05, 0.1) is 6.04 Å². The fourth-order valence-corrected chi connectivity index (χ4v) is 3.83. The van der Waals surface area contributed by atoms with E-state index in [0.717, 1.165) is 37.2 Å². The number of aryl methyl sites for hydroxylation is 1. The molecule has 2 unspecified atom stereocenters. The number of carbonyl (C=O) groups excluding carboxylic acids is 1. The van der Waals surface area contributed by atoms with Gasteiger partial charge in [-0.25, -0.2) is 19.2 Å². The Kier molecular flexibility index (Phi) is 4.97. The number of nitrogens with one attached hydrogen (secondary N) is 1. The molecule has 1 aliphatic rings. The molecule has 0 radical (unpaired) electrons. The van der Waals surface area contributed by atoms with Crippen LogP contribution in [0.2, 0.25) is 0 Å². The van der Waals surface area contributed by atoms with E-state index >= 15 is 0 Å². The molecule has 1 amide bonds. The van der Waals surface area contributed by atoms with Crippen molar-refractivity contribution in [2.75, 3.05) is 13.1 Å². The van der Waals surface area contributed by atoms with Crippen LogP contribution in [0.5, 0.6) is 0 Å². The molecule has 0 aliphatic carbocycles. The highest BCUT2D eigenvalue weighted by atomic mass is 16.2. The molecule has 2 atom stereocenters. The lowest BCUT2D eigenvalue weighted by Gasteiger charge is -2.33. The van der Waals surface area contributed by atoms with Crippen molar-refractivity contribution in [1.29, 1.82) is 0 Å². The number of hydrogen-bond acceptors (Lipinski definition) is 5. The Balaban J connectivity index is 1.49. The maximum Gasteiger partial charge on any atom is 0.272 e. The van der Waals surface area contributed by atoms with Crippen LogP contribution in [0.15, 0.2) is 29.6 Å². The third kappa shape index (κ3) is 3.56. The average Bonchev–Trinajstić information content (AvgIpc) is 3.38. The van der Waals surface area contributed by atoms with Gasteiger partial charge in [-0.2, -0.15) is 5.10 Å². The molecule has 3 aromatic rings. The van der Waals surface area contributed by atoms with Gasteiger partial charge in [-0.3, -0.25) is 14.7 Å². The second-order valence-electron chi connectivity index (χ2n) is 7.45. The third-order valence-electron chi connectivity index (χ3n) is 5.46. The van der Waals surface area contributed by atoms with Crippen molar-refractivity contribution >= 4 is 11.6 Å². The van der Waals surface area contributed by atoms with E-state index in [4.69, 9.17) is 0 Å². The number of aromatic amines is 1. The van der Waals surface area contributed by atoms with Crippen LogP contribution in [0.25, 0.3) is 5.65 Å². The molecule has 9 heteroatoms. The Labute approximate surface area is 162 Å². The van der Waals surface area contributed by atoms with Crippen LogP contribution in [0.4, 0.5) is 0 Å². The number of H-pyrrole nitrogens is 1. The van der Waals surface area contributed by atoms with E-state index in [1.165, 1.54) is 10.8 Å². The van der Waals surface area contributed by atoms with Crippen molar-refractivity contribution < 1.29 is 4.79 Å². The van der Waals surface area contributed by atoms with Crippen LogP contribution in [-0.2, 0) is 11.2 Å². The number of likely N-dealkylation sites (tertiary alicyclic amines) is 1. The Morgan fingerprint density at radius 1 is 1.39 bits per heavy atom. The number of aromatic nitrogens is 6. The molecule has 148 valence electrons. The number of carbonyl (C=O) groups is 1. The highest BCUT2D eigenvalue weighted by Crippen LogP contribution is 2.27. The number of amides is 1. The molecule has 3 aromatic heterocycles. The summed E-state index contributed by atoms with van der Waals surface area (Å²) in [6.07, 6.45) is 6.15. The van der Waals surface area contributed by atoms with Gasteiger partial charge in [-0.05, 0) is 26.2 Å². The van der Waals surface area contributed by atoms with Gasteiger partial charge >= 0.3 is 0 Å². The second-order valence-corrected chi connectivity index (χ2v) is 7.45. The van der Waals surface area contributed by atoms with Crippen molar-refractivity contribution in [2.45, 2.75) is 51.5 Å². The maximum absolute atomic E-state index is 12.8. The van der Waals surface area contributed by atoms with Gasteiger partial charge in [0.2, 0.25) is 5.91 Å². The highest BCUT2D eigenvalue weighted by molar-refractivity contribution is 5.76. The van der Waals surface area contributed by atoms with Crippen LogP contribution in [0.1, 0.15) is 56.5 Å². The van der Waals surface area contributed by atoms with E-state index in [0.29, 0.717) is 18.6 Å². The van der Waals surface area contributed by atoms with Crippen molar-refractivity contribution in [3.05, 3.63) is 46.5 Å². The molecule has 1 aliphatic heterocycles. The molecule has 0 aromatic carbocycles. The van der Waals surface area contributed by atoms with Crippen molar-refractivity contribution in [3.63, 3.8) is 0 Å². The lowest BCUT2D eigenvalue weighted by molar-refractivity contribution is -0.133. The van der Waals surface area contributed by atoms with Crippen LogP contribution < -0.4 is 5.56 Å². The topological polar surface area (TPSA) is 101 Å². The molecule has 1 saturated heterocycles. The monoisotopic (exact) mass is 383 g/mol. The SMILES string of the molecule is CCc1cc(=O)n2[nH]c(C3CCCN(C(=O)CC(C)n4cncn4)C3)cc2n1. The molecule has 1 N–H and O–H groups in total. The molecule has 0 saturated carbocycles. The zero-order valence-corrected chi connectivity index (χ0v) is 16.2. The fourth-order valence-electron chi connectivity index (χ4n) is 3.83. The first kappa shape index (κ1) is 18.4. The van der Waals surface area contributed by atoms with Crippen molar-refractivity contribution in [2.24, 2.45) is 0 Å². The standard InChI is InChI=1S/C19H25N7O2/c1-3-15-8-19(28)26-17(22-15)9-16(23-26)14-5-4-6-24(10-14)18(27)7-13(2)25-12-20-11-21-25/h8-9,11-14,23H,3-7,10H2,1-2H3. The quantitative estimate of drug-likeness (QED) is 0.720. The average molecular weight is 383 g/mol. The van der Waals surface area contributed by atoms with Gasteiger partial charge < -0.3 is 4.90 Å². The summed E-state index contributed by atoms with van der Waals surface area (Å²) in [4.78, 5) is 35.4. The normalized spacial score (nSPS) is 18.5. The highest BCUT2D eigenvalue weighted by Gasteiger charge is 2.27. The van der Waals surface area contributed by atoms with E-state index in [9.17, 15) is 9.59 Å².